The minimum atomic E-state index is -0.864. The van der Waals surface area contributed by atoms with Gasteiger partial charge in [0.15, 0.2) is 11.5 Å². The molecule has 2 aromatic carbocycles. The molecule has 7 heteroatoms. The van der Waals surface area contributed by atoms with E-state index in [1.807, 2.05) is 32.0 Å². The molecule has 0 aliphatic heterocycles. The summed E-state index contributed by atoms with van der Waals surface area (Å²) in [5.74, 6) is 0.259. The lowest BCUT2D eigenvalue weighted by atomic mass is 10.0. The fourth-order valence-corrected chi connectivity index (χ4v) is 3.03. The van der Waals surface area contributed by atoms with Gasteiger partial charge in [-0.2, -0.15) is 0 Å². The maximum Gasteiger partial charge on any atom is 0.320 e. The van der Waals surface area contributed by atoms with E-state index in [0.29, 0.717) is 28.1 Å². The van der Waals surface area contributed by atoms with Crippen LogP contribution in [0.1, 0.15) is 25.0 Å². The molecule has 1 unspecified atom stereocenters. The molecule has 2 rings (SSSR count). The number of benzene rings is 2. The van der Waals surface area contributed by atoms with Crippen LogP contribution >= 0.6 is 23.2 Å². The maximum absolute atomic E-state index is 11.3. The Hall–Kier alpha value is -1.95. The molecular weight excluding hydrogens is 389 g/mol. The van der Waals surface area contributed by atoms with Crippen molar-refractivity contribution in [2.45, 2.75) is 33.0 Å². The van der Waals surface area contributed by atoms with Crippen molar-refractivity contribution in [1.29, 1.82) is 0 Å². The molecule has 146 valence electrons. The van der Waals surface area contributed by atoms with Crippen molar-refractivity contribution >= 4 is 29.2 Å². The lowest BCUT2D eigenvalue weighted by Gasteiger charge is -2.18. The number of rotatable bonds is 9. The van der Waals surface area contributed by atoms with Crippen LogP contribution in [0, 0.1) is 5.92 Å². The molecule has 0 fully saturated rings. The van der Waals surface area contributed by atoms with Crippen molar-refractivity contribution in [3.63, 3.8) is 0 Å². The number of ether oxygens (including phenoxy) is 2. The first-order valence-corrected chi connectivity index (χ1v) is 9.27. The zero-order valence-corrected chi connectivity index (χ0v) is 17.0. The van der Waals surface area contributed by atoms with Crippen LogP contribution in [0.2, 0.25) is 10.0 Å². The van der Waals surface area contributed by atoms with Crippen molar-refractivity contribution in [3.8, 4) is 11.5 Å². The summed E-state index contributed by atoms with van der Waals surface area (Å²) in [7, 11) is 1.56. The van der Waals surface area contributed by atoms with E-state index in [0.717, 1.165) is 11.1 Å². The monoisotopic (exact) mass is 411 g/mol. The van der Waals surface area contributed by atoms with Gasteiger partial charge in [-0.25, -0.2) is 0 Å². The molecule has 0 spiro atoms. The highest BCUT2D eigenvalue weighted by Crippen LogP contribution is 2.30. The van der Waals surface area contributed by atoms with Gasteiger partial charge in [-0.1, -0.05) is 49.2 Å². The summed E-state index contributed by atoms with van der Waals surface area (Å²) in [4.78, 5) is 11.3. The van der Waals surface area contributed by atoms with E-state index in [9.17, 15) is 9.90 Å². The third-order valence-corrected chi connectivity index (χ3v) is 4.67. The third-order valence-electron chi connectivity index (χ3n) is 4.09. The number of halogens is 2. The molecule has 0 aromatic heterocycles. The van der Waals surface area contributed by atoms with Gasteiger partial charge in [0, 0.05) is 22.2 Å². The van der Waals surface area contributed by atoms with Crippen molar-refractivity contribution in [2.75, 3.05) is 7.11 Å². The summed E-state index contributed by atoms with van der Waals surface area (Å²) >= 11 is 12.1. The molecule has 0 saturated heterocycles. The number of carboxylic acid groups (broad SMARTS) is 1. The maximum atomic E-state index is 11.3. The molecular formula is C20H23Cl2NO4. The molecule has 5 nitrogen and oxygen atoms in total. The van der Waals surface area contributed by atoms with E-state index in [4.69, 9.17) is 32.7 Å². The number of carbonyl (C=O) groups is 1. The van der Waals surface area contributed by atoms with Crippen LogP contribution < -0.4 is 14.8 Å². The van der Waals surface area contributed by atoms with Crippen molar-refractivity contribution in [3.05, 3.63) is 57.6 Å². The summed E-state index contributed by atoms with van der Waals surface area (Å²) in [6, 6.07) is 10.1. The molecule has 0 heterocycles. The molecule has 0 saturated carbocycles. The SMILES string of the molecule is COc1cc(CNC(C(=O)O)C(C)C)ccc1OCc1ccc(Cl)cc1Cl. The number of carboxylic acids is 1. The highest BCUT2D eigenvalue weighted by molar-refractivity contribution is 6.35. The Labute approximate surface area is 169 Å². The Balaban J connectivity index is 2.05. The molecule has 2 N–H and O–H groups in total. The van der Waals surface area contributed by atoms with Gasteiger partial charge in [0.2, 0.25) is 0 Å². The van der Waals surface area contributed by atoms with Crippen LogP contribution in [0.4, 0.5) is 0 Å². The van der Waals surface area contributed by atoms with Gasteiger partial charge < -0.3 is 19.9 Å². The highest BCUT2D eigenvalue weighted by Gasteiger charge is 2.20. The summed E-state index contributed by atoms with van der Waals surface area (Å²) < 4.78 is 11.2. The van der Waals surface area contributed by atoms with E-state index in [1.54, 1.807) is 25.3 Å². The smallest absolute Gasteiger partial charge is 0.320 e. The van der Waals surface area contributed by atoms with Gasteiger partial charge in [0.25, 0.3) is 0 Å². The summed E-state index contributed by atoms with van der Waals surface area (Å²) in [5.41, 5.74) is 1.71. The Bertz CT molecular complexity index is 796. The van der Waals surface area contributed by atoms with E-state index >= 15 is 0 Å². The standard InChI is InChI=1S/C20H23Cl2NO4/c1-12(2)19(20(24)25)23-10-13-4-7-17(18(8-13)26-3)27-11-14-5-6-15(21)9-16(14)22/h4-9,12,19,23H,10-11H2,1-3H3,(H,24,25). The number of hydrogen-bond acceptors (Lipinski definition) is 4. The first kappa shape index (κ1) is 21.4. The van der Waals surface area contributed by atoms with Crippen LogP contribution in [-0.2, 0) is 17.9 Å². The van der Waals surface area contributed by atoms with Crippen molar-refractivity contribution < 1.29 is 19.4 Å². The van der Waals surface area contributed by atoms with Gasteiger partial charge >= 0.3 is 5.97 Å². The third kappa shape index (κ3) is 6.03. The van der Waals surface area contributed by atoms with Crippen LogP contribution in [0.25, 0.3) is 0 Å². The van der Waals surface area contributed by atoms with E-state index in [2.05, 4.69) is 5.32 Å². The summed E-state index contributed by atoms with van der Waals surface area (Å²) in [6.07, 6.45) is 0. The van der Waals surface area contributed by atoms with Crippen molar-refractivity contribution in [2.24, 2.45) is 5.92 Å². The van der Waals surface area contributed by atoms with Gasteiger partial charge in [-0.3, -0.25) is 4.79 Å². The lowest BCUT2D eigenvalue weighted by Crippen LogP contribution is -2.40. The van der Waals surface area contributed by atoms with Crippen LogP contribution in [-0.4, -0.2) is 24.2 Å². The first-order chi connectivity index (χ1) is 12.8. The second-order valence-corrected chi connectivity index (χ2v) is 7.29. The fraction of sp³-hybridized carbons (Fsp3) is 0.350. The number of aliphatic carboxylic acids is 1. The summed E-state index contributed by atoms with van der Waals surface area (Å²) in [6.45, 7) is 4.42. The van der Waals surface area contributed by atoms with Crippen LogP contribution in [0.3, 0.4) is 0 Å². The van der Waals surface area contributed by atoms with E-state index in [-0.39, 0.29) is 12.5 Å². The van der Waals surface area contributed by atoms with Gasteiger partial charge in [0.1, 0.15) is 12.6 Å². The van der Waals surface area contributed by atoms with E-state index < -0.39 is 12.0 Å². The first-order valence-electron chi connectivity index (χ1n) is 8.51. The summed E-state index contributed by atoms with van der Waals surface area (Å²) in [5, 5.41) is 13.4. The molecule has 27 heavy (non-hydrogen) atoms. The predicted octanol–water partition coefficient (Wildman–Crippen LogP) is 4.78. The topological polar surface area (TPSA) is 67.8 Å². The minimum absolute atomic E-state index is 0.0175. The zero-order chi connectivity index (χ0) is 20.0. The molecule has 2 aromatic rings. The predicted molar refractivity (Wildman–Crippen MR) is 107 cm³/mol. The Morgan fingerprint density at radius 2 is 1.89 bits per heavy atom. The molecule has 0 aliphatic rings. The Morgan fingerprint density at radius 1 is 1.15 bits per heavy atom. The average molecular weight is 412 g/mol. The second kappa shape index (κ2) is 9.83. The Morgan fingerprint density at radius 3 is 2.48 bits per heavy atom. The molecule has 0 bridgehead atoms. The number of methoxy groups -OCH3 is 1. The quantitative estimate of drug-likeness (QED) is 0.621. The molecule has 1 atom stereocenters. The number of nitrogens with one attached hydrogen (secondary N) is 1. The van der Waals surface area contributed by atoms with Gasteiger partial charge in [0.05, 0.1) is 7.11 Å². The lowest BCUT2D eigenvalue weighted by molar-refractivity contribution is -0.140. The van der Waals surface area contributed by atoms with E-state index in [1.165, 1.54) is 0 Å². The molecule has 0 radical (unpaired) electrons. The minimum Gasteiger partial charge on any atom is -0.493 e. The van der Waals surface area contributed by atoms with Crippen molar-refractivity contribution in [1.82, 2.24) is 5.32 Å². The van der Waals surface area contributed by atoms with Gasteiger partial charge in [-0.15, -0.1) is 0 Å². The zero-order valence-electron chi connectivity index (χ0n) is 15.5. The fourth-order valence-electron chi connectivity index (χ4n) is 2.57. The largest absolute Gasteiger partial charge is 0.493 e. The Kier molecular flexibility index (Phi) is 7.78. The highest BCUT2D eigenvalue weighted by atomic mass is 35.5. The van der Waals surface area contributed by atoms with Crippen LogP contribution in [0.5, 0.6) is 11.5 Å². The molecule has 0 aliphatic carbocycles. The molecule has 0 amide bonds. The average Bonchev–Trinajstić information content (AvgIpc) is 2.61. The normalized spacial score (nSPS) is 12.1. The second-order valence-electron chi connectivity index (χ2n) is 6.45. The van der Waals surface area contributed by atoms with Gasteiger partial charge in [-0.05, 0) is 35.7 Å². The van der Waals surface area contributed by atoms with Crippen LogP contribution in [0.15, 0.2) is 36.4 Å². The number of hydrogen-bond donors (Lipinski definition) is 2.